The molecule has 12 heteroatoms. The van der Waals surface area contributed by atoms with E-state index in [0.29, 0.717) is 0 Å². The van der Waals surface area contributed by atoms with Gasteiger partial charge in [0, 0.05) is 0 Å². The number of hydrogen-bond donors (Lipinski definition) is 4. The summed E-state index contributed by atoms with van der Waals surface area (Å²) in [6.07, 6.45) is 0. The normalized spacial score (nSPS) is 10.2. The standard InChI is InChI=1S/C14H8O12/c15-11(23-19)5-1-7-8(10(3-5)14(18)26-22)2-6(12(16)24-20)4-9(7)13(17)25-21/h1-4,19-22H. The lowest BCUT2D eigenvalue weighted by Crippen LogP contribution is -2.12. The van der Waals surface area contributed by atoms with Gasteiger partial charge in [-0.1, -0.05) is 0 Å². The summed E-state index contributed by atoms with van der Waals surface area (Å²) < 4.78 is 0. The number of benzene rings is 2. The van der Waals surface area contributed by atoms with Crippen LogP contribution in [-0.2, 0) is 19.6 Å². The third-order valence-corrected chi connectivity index (χ3v) is 3.31. The SMILES string of the molecule is O=C(OO)c1cc(C(=O)OO)c2cc(C(=O)OO)cc(C(=O)OO)c2c1. The van der Waals surface area contributed by atoms with Crippen molar-refractivity contribution in [3.8, 4) is 0 Å². The van der Waals surface area contributed by atoms with Crippen LogP contribution in [0.15, 0.2) is 24.3 Å². The molecule has 2 aromatic rings. The maximum Gasteiger partial charge on any atom is 0.373 e. The molecule has 0 saturated heterocycles. The van der Waals surface area contributed by atoms with Crippen LogP contribution >= 0.6 is 0 Å². The van der Waals surface area contributed by atoms with Gasteiger partial charge in [0.05, 0.1) is 22.3 Å². The van der Waals surface area contributed by atoms with E-state index in [4.69, 9.17) is 21.0 Å². The molecule has 0 aliphatic rings. The van der Waals surface area contributed by atoms with E-state index in [9.17, 15) is 19.2 Å². The Morgan fingerprint density at radius 1 is 0.538 bits per heavy atom. The van der Waals surface area contributed by atoms with Crippen molar-refractivity contribution >= 4 is 34.6 Å². The van der Waals surface area contributed by atoms with E-state index in [0.717, 1.165) is 24.3 Å². The molecule has 2 rings (SSSR count). The van der Waals surface area contributed by atoms with Crippen LogP contribution in [0.4, 0.5) is 0 Å². The molecule has 0 fully saturated rings. The summed E-state index contributed by atoms with van der Waals surface area (Å²) in [5.41, 5.74) is -1.98. The van der Waals surface area contributed by atoms with Crippen molar-refractivity contribution in [3.05, 3.63) is 46.5 Å². The first kappa shape index (κ1) is 18.8. The van der Waals surface area contributed by atoms with Gasteiger partial charge in [0.25, 0.3) is 0 Å². The Labute approximate surface area is 142 Å². The molecule has 0 bridgehead atoms. The van der Waals surface area contributed by atoms with E-state index in [2.05, 4.69) is 19.6 Å². The van der Waals surface area contributed by atoms with E-state index < -0.39 is 46.1 Å². The second-order valence-electron chi connectivity index (χ2n) is 4.66. The van der Waals surface area contributed by atoms with Crippen molar-refractivity contribution in [1.29, 1.82) is 0 Å². The minimum Gasteiger partial charge on any atom is -0.296 e. The van der Waals surface area contributed by atoms with Crippen LogP contribution in [0.5, 0.6) is 0 Å². The van der Waals surface area contributed by atoms with Crippen molar-refractivity contribution in [2.24, 2.45) is 0 Å². The molecule has 136 valence electrons. The van der Waals surface area contributed by atoms with Crippen LogP contribution in [0, 0.1) is 0 Å². The fourth-order valence-electron chi connectivity index (χ4n) is 2.24. The van der Waals surface area contributed by atoms with Crippen molar-refractivity contribution in [2.75, 3.05) is 0 Å². The van der Waals surface area contributed by atoms with Crippen molar-refractivity contribution in [2.45, 2.75) is 0 Å². The predicted octanol–water partition coefficient (Wildman–Crippen LogP) is 1.36. The van der Waals surface area contributed by atoms with Crippen LogP contribution < -0.4 is 0 Å². The summed E-state index contributed by atoms with van der Waals surface area (Å²) in [7, 11) is 0. The van der Waals surface area contributed by atoms with Crippen LogP contribution in [0.2, 0.25) is 0 Å². The Hall–Kier alpha value is -3.58. The molecule has 0 atom stereocenters. The maximum atomic E-state index is 11.8. The van der Waals surface area contributed by atoms with Crippen molar-refractivity contribution < 1.29 is 59.8 Å². The average molecular weight is 368 g/mol. The highest BCUT2D eigenvalue weighted by atomic mass is 17.1. The van der Waals surface area contributed by atoms with E-state index in [1.165, 1.54) is 0 Å². The summed E-state index contributed by atoms with van der Waals surface area (Å²) >= 11 is 0. The summed E-state index contributed by atoms with van der Waals surface area (Å²) in [5.74, 6) is -5.47. The van der Waals surface area contributed by atoms with E-state index in [1.807, 2.05) is 0 Å². The van der Waals surface area contributed by atoms with E-state index in [1.54, 1.807) is 0 Å². The first-order valence-electron chi connectivity index (χ1n) is 6.42. The second kappa shape index (κ2) is 7.54. The zero-order chi connectivity index (χ0) is 19.4. The fourth-order valence-corrected chi connectivity index (χ4v) is 2.24. The first-order valence-corrected chi connectivity index (χ1v) is 6.42. The highest BCUT2D eigenvalue weighted by molar-refractivity contribution is 6.15. The van der Waals surface area contributed by atoms with Crippen LogP contribution in [0.1, 0.15) is 41.4 Å². The van der Waals surface area contributed by atoms with E-state index >= 15 is 0 Å². The summed E-state index contributed by atoms with van der Waals surface area (Å²) in [4.78, 5) is 60.8. The Kier molecular flexibility index (Phi) is 5.44. The Bertz CT molecular complexity index is 841. The molecule has 0 radical (unpaired) electrons. The number of carbonyl (C=O) groups is 4. The molecule has 0 aromatic heterocycles. The Morgan fingerprint density at radius 2 is 0.846 bits per heavy atom. The zero-order valence-electron chi connectivity index (χ0n) is 12.4. The lowest BCUT2D eigenvalue weighted by atomic mass is 9.94. The highest BCUT2D eigenvalue weighted by Gasteiger charge is 2.24. The average Bonchev–Trinajstić information content (AvgIpc) is 2.69. The molecule has 2 aromatic carbocycles. The predicted molar refractivity (Wildman–Crippen MR) is 76.1 cm³/mol. The number of fused-ring (bicyclic) bond motifs is 1. The lowest BCUT2D eigenvalue weighted by molar-refractivity contribution is -0.183. The molecule has 0 amide bonds. The van der Waals surface area contributed by atoms with Crippen LogP contribution in [0.3, 0.4) is 0 Å². The van der Waals surface area contributed by atoms with Gasteiger partial charge in [-0.3, -0.25) is 19.6 Å². The number of rotatable bonds is 4. The Morgan fingerprint density at radius 3 is 1.12 bits per heavy atom. The molecule has 0 spiro atoms. The summed E-state index contributed by atoms with van der Waals surface area (Å²) in [5, 5.41) is 33.7. The molecular formula is C14H8O12. The van der Waals surface area contributed by atoms with Crippen LogP contribution in [-0.4, -0.2) is 44.9 Å². The lowest BCUT2D eigenvalue weighted by Gasteiger charge is -2.11. The van der Waals surface area contributed by atoms with Crippen LogP contribution in [0.25, 0.3) is 10.8 Å². The van der Waals surface area contributed by atoms with Gasteiger partial charge in [-0.05, 0) is 35.0 Å². The molecule has 4 N–H and O–H groups in total. The fraction of sp³-hybridized carbons (Fsp3) is 0. The maximum absolute atomic E-state index is 11.8. The minimum atomic E-state index is -1.40. The van der Waals surface area contributed by atoms with Crippen molar-refractivity contribution in [3.63, 3.8) is 0 Å². The molecule has 0 aliphatic heterocycles. The third-order valence-electron chi connectivity index (χ3n) is 3.31. The topological polar surface area (TPSA) is 186 Å². The van der Waals surface area contributed by atoms with Gasteiger partial charge in [0.1, 0.15) is 0 Å². The van der Waals surface area contributed by atoms with Crippen molar-refractivity contribution in [1.82, 2.24) is 0 Å². The minimum absolute atomic E-state index is 0.234. The van der Waals surface area contributed by atoms with Gasteiger partial charge in [0.2, 0.25) is 0 Å². The Balaban J connectivity index is 2.97. The summed E-state index contributed by atoms with van der Waals surface area (Å²) in [6.45, 7) is 0. The molecule has 0 saturated carbocycles. The second-order valence-corrected chi connectivity index (χ2v) is 4.66. The van der Waals surface area contributed by atoms with Gasteiger partial charge >= 0.3 is 23.9 Å². The van der Waals surface area contributed by atoms with Gasteiger partial charge in [-0.2, -0.15) is 21.0 Å². The summed E-state index contributed by atoms with van der Waals surface area (Å²) in [6, 6.07) is 3.56. The first-order chi connectivity index (χ1) is 12.4. The molecule has 0 aliphatic carbocycles. The molecular weight excluding hydrogens is 360 g/mol. The third kappa shape index (κ3) is 3.28. The smallest absolute Gasteiger partial charge is 0.296 e. The van der Waals surface area contributed by atoms with Gasteiger partial charge < -0.3 is 0 Å². The largest absolute Gasteiger partial charge is 0.373 e. The quantitative estimate of drug-likeness (QED) is 0.345. The van der Waals surface area contributed by atoms with Gasteiger partial charge in [0.15, 0.2) is 0 Å². The molecule has 26 heavy (non-hydrogen) atoms. The molecule has 0 unspecified atom stereocenters. The molecule has 0 heterocycles. The van der Waals surface area contributed by atoms with Gasteiger partial charge in [-0.25, -0.2) is 19.2 Å². The highest BCUT2D eigenvalue weighted by Crippen LogP contribution is 2.28. The zero-order valence-corrected chi connectivity index (χ0v) is 12.4. The molecule has 12 nitrogen and oxygen atoms in total. The number of carbonyl (C=O) groups excluding carboxylic acids is 4. The van der Waals surface area contributed by atoms with Gasteiger partial charge in [-0.15, -0.1) is 0 Å². The number of hydrogen-bond acceptors (Lipinski definition) is 12. The van der Waals surface area contributed by atoms with E-state index in [-0.39, 0.29) is 10.8 Å². The monoisotopic (exact) mass is 368 g/mol.